The Morgan fingerprint density at radius 2 is 1.88 bits per heavy atom. The van der Waals surface area contributed by atoms with E-state index in [0.29, 0.717) is 11.5 Å². The smallest absolute Gasteiger partial charge is 0.185 e. The largest absolute Gasteiger partial charge is 0.298 e. The van der Waals surface area contributed by atoms with Gasteiger partial charge in [-0.3, -0.25) is 15.4 Å². The van der Waals surface area contributed by atoms with Crippen LogP contribution in [0, 0.1) is 11.7 Å². The maximum atomic E-state index is 12.9. The quantitative estimate of drug-likeness (QED) is 0.458. The highest BCUT2D eigenvalue weighted by Crippen LogP contribution is 2.14. The molecule has 0 unspecified atom stereocenters. The van der Waals surface area contributed by atoms with Gasteiger partial charge < -0.3 is 0 Å². The van der Waals surface area contributed by atoms with Gasteiger partial charge in [-0.2, -0.15) is 0 Å². The molecule has 1 heterocycles. The molecule has 0 bridgehead atoms. The lowest BCUT2D eigenvalue weighted by molar-refractivity contribution is 0.104. The van der Waals surface area contributed by atoms with E-state index in [1.54, 1.807) is 12.2 Å². The Balaban J connectivity index is 1.83. The molecule has 1 aromatic rings. The number of rotatable bonds is 7. The van der Waals surface area contributed by atoms with E-state index in [1.165, 1.54) is 35.9 Å². The molecule has 0 aliphatic carbocycles. The predicted octanol–water partition coefficient (Wildman–Crippen LogP) is 3.39. The minimum Gasteiger partial charge on any atom is -0.298 e. The number of carbonyl (C=O) groups excluding carboxylic acids is 1. The third-order valence-corrected chi connectivity index (χ3v) is 3.94. The Labute approximate surface area is 142 Å². The second-order valence-electron chi connectivity index (χ2n) is 5.78. The third-order valence-electron chi connectivity index (χ3n) is 3.94. The zero-order valence-electron chi connectivity index (χ0n) is 13.7. The fourth-order valence-electron chi connectivity index (χ4n) is 2.61. The minimum atomic E-state index is -0.346. The summed E-state index contributed by atoms with van der Waals surface area (Å²) in [5.41, 5.74) is 1.64. The summed E-state index contributed by atoms with van der Waals surface area (Å²) in [6.07, 6.45) is 9.81. The molecule has 1 aliphatic heterocycles. The van der Waals surface area contributed by atoms with Crippen molar-refractivity contribution in [2.24, 2.45) is 5.92 Å². The maximum absolute atomic E-state index is 12.9. The van der Waals surface area contributed by atoms with E-state index in [4.69, 9.17) is 0 Å². The number of allylic oxidation sites excluding steroid dienone is 5. The van der Waals surface area contributed by atoms with Crippen LogP contribution >= 0.6 is 0 Å². The van der Waals surface area contributed by atoms with Crippen LogP contribution in [0.5, 0.6) is 0 Å². The second kappa shape index (κ2) is 9.11. The van der Waals surface area contributed by atoms with Gasteiger partial charge in [-0.15, -0.1) is 0 Å². The molecule has 24 heavy (non-hydrogen) atoms. The van der Waals surface area contributed by atoms with Crippen molar-refractivity contribution in [1.82, 2.24) is 10.6 Å². The molecule has 1 fully saturated rings. The summed E-state index contributed by atoms with van der Waals surface area (Å²) in [5, 5.41) is 6.72. The van der Waals surface area contributed by atoms with Gasteiger partial charge >= 0.3 is 0 Å². The standard InChI is InChI=1S/C20H23FN2O/c1-3-5-15(4-2)12-16-13-22-20(23-14-16)11-10-19(24)17-6-8-18(21)9-7-17/h3-11,16,20,22-23H,1-2,12-14H2/b11-10?,15-5+. The van der Waals surface area contributed by atoms with Gasteiger partial charge in [-0.1, -0.05) is 31.4 Å². The molecule has 2 N–H and O–H groups in total. The highest BCUT2D eigenvalue weighted by Gasteiger charge is 2.18. The summed E-state index contributed by atoms with van der Waals surface area (Å²) >= 11 is 0. The van der Waals surface area contributed by atoms with E-state index in [-0.39, 0.29) is 17.8 Å². The Bertz CT molecular complexity index is 638. The molecular weight excluding hydrogens is 303 g/mol. The van der Waals surface area contributed by atoms with Gasteiger partial charge in [0.05, 0.1) is 6.17 Å². The average molecular weight is 326 g/mol. The van der Waals surface area contributed by atoms with Crippen molar-refractivity contribution in [3.63, 3.8) is 0 Å². The number of halogens is 1. The SMILES string of the molecule is C=C/C=C(\C=C)CC1CNC(C=CC(=O)c2ccc(F)cc2)NC1. The lowest BCUT2D eigenvalue weighted by atomic mass is 9.97. The van der Waals surface area contributed by atoms with Crippen LogP contribution in [0.2, 0.25) is 0 Å². The zero-order valence-corrected chi connectivity index (χ0v) is 13.7. The van der Waals surface area contributed by atoms with Crippen LogP contribution in [-0.2, 0) is 0 Å². The Morgan fingerprint density at radius 1 is 1.21 bits per heavy atom. The lowest BCUT2D eigenvalue weighted by Gasteiger charge is -2.29. The van der Waals surface area contributed by atoms with Crippen molar-refractivity contribution in [2.45, 2.75) is 12.6 Å². The topological polar surface area (TPSA) is 41.1 Å². The van der Waals surface area contributed by atoms with Gasteiger partial charge in [0.15, 0.2) is 5.78 Å². The van der Waals surface area contributed by atoms with Crippen molar-refractivity contribution in [3.8, 4) is 0 Å². The molecule has 0 atom stereocenters. The number of carbonyl (C=O) groups is 1. The molecular formula is C20H23FN2O. The molecule has 0 radical (unpaired) electrons. The van der Waals surface area contributed by atoms with Gasteiger partial charge in [0.2, 0.25) is 0 Å². The summed E-state index contributed by atoms with van der Waals surface area (Å²) in [5.74, 6) is -0.0168. The van der Waals surface area contributed by atoms with E-state index < -0.39 is 0 Å². The molecule has 0 amide bonds. The first-order valence-corrected chi connectivity index (χ1v) is 8.01. The number of benzene rings is 1. The summed E-state index contributed by atoms with van der Waals surface area (Å²) in [6.45, 7) is 9.23. The molecule has 0 spiro atoms. The van der Waals surface area contributed by atoms with Gasteiger partial charge in [0.25, 0.3) is 0 Å². The van der Waals surface area contributed by atoms with Crippen LogP contribution in [0.4, 0.5) is 4.39 Å². The molecule has 0 saturated carbocycles. The first kappa shape index (κ1) is 18.0. The second-order valence-corrected chi connectivity index (χ2v) is 5.78. The average Bonchev–Trinajstić information content (AvgIpc) is 2.61. The fraction of sp³-hybridized carbons (Fsp3) is 0.250. The van der Waals surface area contributed by atoms with Crippen LogP contribution in [0.1, 0.15) is 16.8 Å². The van der Waals surface area contributed by atoms with Crippen molar-refractivity contribution in [2.75, 3.05) is 13.1 Å². The molecule has 1 aromatic carbocycles. The van der Waals surface area contributed by atoms with Crippen LogP contribution in [0.25, 0.3) is 0 Å². The highest BCUT2D eigenvalue weighted by atomic mass is 19.1. The van der Waals surface area contributed by atoms with Crippen LogP contribution in [-0.4, -0.2) is 25.0 Å². The van der Waals surface area contributed by atoms with Gasteiger partial charge in [-0.25, -0.2) is 4.39 Å². The van der Waals surface area contributed by atoms with E-state index >= 15 is 0 Å². The molecule has 2 rings (SSSR count). The molecule has 1 aliphatic rings. The molecule has 1 saturated heterocycles. The van der Waals surface area contributed by atoms with Gasteiger partial charge in [0, 0.05) is 18.7 Å². The number of hydrogen-bond donors (Lipinski definition) is 2. The summed E-state index contributed by atoms with van der Waals surface area (Å²) < 4.78 is 12.9. The molecule has 126 valence electrons. The monoisotopic (exact) mass is 326 g/mol. The molecule has 4 heteroatoms. The van der Waals surface area contributed by atoms with Crippen molar-refractivity contribution in [1.29, 1.82) is 0 Å². The van der Waals surface area contributed by atoms with Crippen LogP contribution < -0.4 is 10.6 Å². The number of nitrogens with one attached hydrogen (secondary N) is 2. The van der Waals surface area contributed by atoms with E-state index in [1.807, 2.05) is 12.2 Å². The van der Waals surface area contributed by atoms with Gasteiger partial charge in [-0.05, 0) is 54.3 Å². The maximum Gasteiger partial charge on any atom is 0.185 e. The van der Waals surface area contributed by atoms with Crippen LogP contribution in [0.3, 0.4) is 0 Å². The van der Waals surface area contributed by atoms with E-state index in [0.717, 1.165) is 19.5 Å². The molecule has 0 aromatic heterocycles. The van der Waals surface area contributed by atoms with Crippen LogP contribution in [0.15, 0.2) is 73.4 Å². The van der Waals surface area contributed by atoms with Gasteiger partial charge in [0.1, 0.15) is 5.82 Å². The summed E-state index contributed by atoms with van der Waals surface area (Å²) in [6, 6.07) is 5.55. The first-order chi connectivity index (χ1) is 11.6. The number of hydrogen-bond acceptors (Lipinski definition) is 3. The predicted molar refractivity (Wildman–Crippen MR) is 96.2 cm³/mol. The first-order valence-electron chi connectivity index (χ1n) is 8.01. The highest BCUT2D eigenvalue weighted by molar-refractivity contribution is 6.04. The van der Waals surface area contributed by atoms with Crippen molar-refractivity contribution >= 4 is 5.78 Å². The Morgan fingerprint density at radius 3 is 2.46 bits per heavy atom. The van der Waals surface area contributed by atoms with E-state index in [9.17, 15) is 9.18 Å². The van der Waals surface area contributed by atoms with Crippen molar-refractivity contribution in [3.05, 3.63) is 84.8 Å². The fourth-order valence-corrected chi connectivity index (χ4v) is 2.61. The van der Waals surface area contributed by atoms with E-state index in [2.05, 4.69) is 23.8 Å². The Kier molecular flexibility index (Phi) is 6.85. The normalized spacial score (nSPS) is 21.6. The lowest BCUT2D eigenvalue weighted by Crippen LogP contribution is -2.51. The van der Waals surface area contributed by atoms with Crippen molar-refractivity contribution < 1.29 is 9.18 Å². The zero-order chi connectivity index (χ0) is 17.4. The number of ketones is 1. The summed E-state index contributed by atoms with van der Waals surface area (Å²) in [4.78, 5) is 12.0. The minimum absolute atomic E-state index is 0.0405. The molecule has 3 nitrogen and oxygen atoms in total. The summed E-state index contributed by atoms with van der Waals surface area (Å²) in [7, 11) is 0. The Hall–Kier alpha value is -2.30. The third kappa shape index (κ3) is 5.41.